The zero-order valence-electron chi connectivity index (χ0n) is 24.4. The molecule has 2 aromatic carbocycles. The monoisotopic (exact) mass is 511 g/mol. The highest BCUT2D eigenvalue weighted by molar-refractivity contribution is 5.75. The summed E-state index contributed by atoms with van der Waals surface area (Å²) < 4.78 is 14.7. The summed E-state index contributed by atoms with van der Waals surface area (Å²) in [5.41, 5.74) is 9.45. The molecular weight excluding hydrogens is 465 g/mol. The minimum atomic E-state index is -1.34. The second-order valence-corrected chi connectivity index (χ2v) is 12.9. The lowest BCUT2D eigenvalue weighted by Gasteiger charge is -2.48. The maximum absolute atomic E-state index is 14.7. The van der Waals surface area contributed by atoms with Crippen LogP contribution in [0.4, 0.5) is 4.39 Å². The maximum atomic E-state index is 14.7. The second-order valence-electron chi connectivity index (χ2n) is 12.9. The number of alkyl halides is 1. The third-order valence-electron chi connectivity index (χ3n) is 9.68. The number of hydrogen-bond acceptors (Lipinski definition) is 1. The largest absolute Gasteiger partial charge is 0.257 e. The Bertz CT molecular complexity index is 1250. The molecule has 2 aliphatic carbocycles. The predicted octanol–water partition coefficient (Wildman–Crippen LogP) is 10.6. The molecule has 202 valence electrons. The van der Waals surface area contributed by atoms with E-state index in [0.29, 0.717) is 17.3 Å². The molecule has 3 atom stereocenters. The lowest BCUT2D eigenvalue weighted by atomic mass is 9.57. The number of halogens is 1. The normalized spacial score (nSPS) is 20.0. The lowest BCUT2D eigenvalue weighted by Crippen LogP contribution is -2.38. The highest BCUT2D eigenvalue weighted by atomic mass is 19.1. The molecule has 1 fully saturated rings. The van der Waals surface area contributed by atoms with Crippen molar-refractivity contribution in [3.05, 3.63) is 88.2 Å². The molecule has 1 spiro atoms. The first kappa shape index (κ1) is 27.1. The van der Waals surface area contributed by atoms with Gasteiger partial charge in [0.2, 0.25) is 0 Å². The molecule has 0 saturated heterocycles. The Morgan fingerprint density at radius 1 is 1.03 bits per heavy atom. The van der Waals surface area contributed by atoms with E-state index in [0.717, 1.165) is 31.2 Å². The van der Waals surface area contributed by atoms with Gasteiger partial charge in [-0.2, -0.15) is 0 Å². The first-order valence-corrected chi connectivity index (χ1v) is 15.1. The quantitative estimate of drug-likeness (QED) is 0.293. The van der Waals surface area contributed by atoms with Gasteiger partial charge in [0.1, 0.15) is 5.67 Å². The van der Waals surface area contributed by atoms with E-state index >= 15 is 0 Å². The molecular formula is C36H46FN. The summed E-state index contributed by atoms with van der Waals surface area (Å²) in [6, 6.07) is 19.3. The Kier molecular flexibility index (Phi) is 7.55. The van der Waals surface area contributed by atoms with Crippen molar-refractivity contribution in [2.45, 2.75) is 116 Å². The maximum Gasteiger partial charge on any atom is 0.130 e. The Hall–Kier alpha value is -2.48. The molecule has 38 heavy (non-hydrogen) atoms. The van der Waals surface area contributed by atoms with Crippen LogP contribution in [-0.2, 0) is 12.1 Å². The Morgan fingerprint density at radius 3 is 2.26 bits per heavy atom. The SMILES string of the molecule is CCCC(CC)c1nc2c(c(-c3ccccc3)c1C(C)c1ccc(C(C)(C)F)cc1)C(C)CC1(CCC1)C2. The molecule has 2 heteroatoms. The van der Waals surface area contributed by atoms with Gasteiger partial charge in [0.25, 0.3) is 0 Å². The van der Waals surface area contributed by atoms with E-state index in [-0.39, 0.29) is 5.92 Å². The molecule has 1 nitrogen and oxygen atoms in total. The minimum Gasteiger partial charge on any atom is -0.257 e. The van der Waals surface area contributed by atoms with Crippen LogP contribution in [0.1, 0.15) is 138 Å². The van der Waals surface area contributed by atoms with Gasteiger partial charge >= 0.3 is 0 Å². The highest BCUT2D eigenvalue weighted by Gasteiger charge is 2.44. The van der Waals surface area contributed by atoms with Crippen molar-refractivity contribution in [1.29, 1.82) is 0 Å². The number of aromatic nitrogens is 1. The second kappa shape index (κ2) is 10.6. The van der Waals surface area contributed by atoms with Gasteiger partial charge in [-0.05, 0) is 97.1 Å². The fourth-order valence-electron chi connectivity index (χ4n) is 7.47. The van der Waals surface area contributed by atoms with Crippen LogP contribution in [0.25, 0.3) is 11.1 Å². The first-order chi connectivity index (χ1) is 18.2. The minimum absolute atomic E-state index is 0.174. The van der Waals surface area contributed by atoms with Crippen molar-refractivity contribution in [2.75, 3.05) is 0 Å². The molecule has 1 saturated carbocycles. The van der Waals surface area contributed by atoms with Crippen molar-refractivity contribution < 1.29 is 4.39 Å². The van der Waals surface area contributed by atoms with Gasteiger partial charge in [-0.3, -0.25) is 4.98 Å². The van der Waals surface area contributed by atoms with Crippen molar-refractivity contribution >= 4 is 0 Å². The average molecular weight is 512 g/mol. The summed E-state index contributed by atoms with van der Waals surface area (Å²) in [5.74, 6) is 1.12. The van der Waals surface area contributed by atoms with Crippen LogP contribution in [-0.4, -0.2) is 4.98 Å². The molecule has 3 unspecified atom stereocenters. The molecule has 3 aromatic rings. The van der Waals surface area contributed by atoms with Crippen molar-refractivity contribution in [1.82, 2.24) is 4.98 Å². The fourth-order valence-corrected chi connectivity index (χ4v) is 7.47. The summed E-state index contributed by atoms with van der Waals surface area (Å²) in [4.78, 5) is 5.66. The molecule has 0 amide bonds. The van der Waals surface area contributed by atoms with Crippen LogP contribution in [0.15, 0.2) is 54.6 Å². The first-order valence-electron chi connectivity index (χ1n) is 15.1. The van der Waals surface area contributed by atoms with Crippen LogP contribution in [0.5, 0.6) is 0 Å². The molecule has 0 bridgehead atoms. The van der Waals surface area contributed by atoms with Crippen LogP contribution in [0.3, 0.4) is 0 Å². The molecule has 0 radical (unpaired) electrons. The van der Waals surface area contributed by atoms with Crippen molar-refractivity contribution in [3.8, 4) is 11.1 Å². The number of benzene rings is 2. The molecule has 5 rings (SSSR count). The van der Waals surface area contributed by atoms with Crippen LogP contribution in [0.2, 0.25) is 0 Å². The molecule has 2 aliphatic rings. The van der Waals surface area contributed by atoms with E-state index < -0.39 is 5.67 Å². The van der Waals surface area contributed by atoms with Gasteiger partial charge in [0.15, 0.2) is 0 Å². The van der Waals surface area contributed by atoms with E-state index in [9.17, 15) is 4.39 Å². The molecule has 0 aliphatic heterocycles. The molecule has 1 aromatic heterocycles. The Labute approximate surface area is 230 Å². The van der Waals surface area contributed by atoms with Crippen LogP contribution >= 0.6 is 0 Å². The third kappa shape index (κ3) is 4.96. The highest BCUT2D eigenvalue weighted by Crippen LogP contribution is 2.56. The summed E-state index contributed by atoms with van der Waals surface area (Å²) in [7, 11) is 0. The Morgan fingerprint density at radius 2 is 1.71 bits per heavy atom. The van der Waals surface area contributed by atoms with Gasteiger partial charge in [-0.25, -0.2) is 4.39 Å². The van der Waals surface area contributed by atoms with Gasteiger partial charge < -0.3 is 0 Å². The van der Waals surface area contributed by atoms with Crippen LogP contribution in [0, 0.1) is 5.41 Å². The average Bonchev–Trinajstić information content (AvgIpc) is 2.89. The zero-order chi connectivity index (χ0) is 27.1. The Balaban J connectivity index is 1.76. The van der Waals surface area contributed by atoms with E-state index in [1.165, 1.54) is 64.9 Å². The standard InChI is InChI=1S/C36H46FN/c1-7-13-26(8-2)34-32(25(4)27-16-18-29(19-17-27)35(5,6)37)33(28-14-10-9-11-15-28)31-24(3)22-36(20-12-21-36)23-30(31)38-34/h9-11,14-19,24-26H,7-8,12-13,20-23H2,1-6H3. The number of hydrogen-bond donors (Lipinski definition) is 0. The van der Waals surface area contributed by atoms with Gasteiger partial charge in [0, 0.05) is 23.2 Å². The molecule has 0 N–H and O–H groups in total. The zero-order valence-corrected chi connectivity index (χ0v) is 24.4. The summed E-state index contributed by atoms with van der Waals surface area (Å²) in [6.45, 7) is 12.7. The van der Waals surface area contributed by atoms with Gasteiger partial charge in [-0.1, -0.05) is 95.1 Å². The fraction of sp³-hybridized carbons (Fsp3) is 0.528. The smallest absolute Gasteiger partial charge is 0.130 e. The summed E-state index contributed by atoms with van der Waals surface area (Å²) >= 11 is 0. The topological polar surface area (TPSA) is 12.9 Å². The number of pyridine rings is 1. The van der Waals surface area contributed by atoms with E-state index in [1.54, 1.807) is 13.8 Å². The summed E-state index contributed by atoms with van der Waals surface area (Å²) in [5, 5.41) is 0. The van der Waals surface area contributed by atoms with E-state index in [4.69, 9.17) is 4.98 Å². The number of fused-ring (bicyclic) bond motifs is 1. The number of rotatable bonds is 8. The third-order valence-corrected chi connectivity index (χ3v) is 9.68. The van der Waals surface area contributed by atoms with Gasteiger partial charge in [0.05, 0.1) is 0 Å². The summed E-state index contributed by atoms with van der Waals surface area (Å²) in [6.07, 6.45) is 9.92. The predicted molar refractivity (Wildman–Crippen MR) is 159 cm³/mol. The van der Waals surface area contributed by atoms with Crippen LogP contribution < -0.4 is 0 Å². The molecule has 1 heterocycles. The van der Waals surface area contributed by atoms with E-state index in [2.05, 4.69) is 70.2 Å². The van der Waals surface area contributed by atoms with Crippen molar-refractivity contribution in [2.24, 2.45) is 5.41 Å². The number of nitrogens with zero attached hydrogens (tertiary/aromatic N) is 1. The van der Waals surface area contributed by atoms with E-state index in [1.807, 2.05) is 12.1 Å². The van der Waals surface area contributed by atoms with Gasteiger partial charge in [-0.15, -0.1) is 0 Å². The lowest BCUT2D eigenvalue weighted by molar-refractivity contribution is 0.0981. The van der Waals surface area contributed by atoms with Crippen molar-refractivity contribution in [3.63, 3.8) is 0 Å².